The Bertz CT molecular complexity index is 368. The molecule has 0 bridgehead atoms. The molecule has 0 atom stereocenters. The largest absolute Gasteiger partial charge is 0.464 e. The maximum Gasteiger partial charge on any atom is 0.222 e. The van der Waals surface area contributed by atoms with E-state index in [4.69, 9.17) is 16.9 Å². The van der Waals surface area contributed by atoms with Crippen molar-refractivity contribution in [3.8, 4) is 18.2 Å². The number of aromatic nitrogens is 2. The molecule has 0 aliphatic heterocycles. The van der Waals surface area contributed by atoms with Crippen LogP contribution in [0.15, 0.2) is 0 Å². The highest BCUT2D eigenvalue weighted by molar-refractivity contribution is 5.44. The molecule has 14 heavy (non-hydrogen) atoms. The van der Waals surface area contributed by atoms with Gasteiger partial charge in [-0.3, -0.25) is 0 Å². The second kappa shape index (κ2) is 4.47. The monoisotopic (exact) mass is 191 g/mol. The Balaban J connectivity index is 3.02. The Hall–Kier alpha value is -1.76. The zero-order chi connectivity index (χ0) is 10.6. The maximum absolute atomic E-state index is 5.69. The molecule has 1 heterocycles. The smallest absolute Gasteiger partial charge is 0.222 e. The molecule has 0 radical (unpaired) electrons. The molecule has 0 saturated carbocycles. The zero-order valence-electron chi connectivity index (χ0n) is 8.37. The fourth-order valence-electron chi connectivity index (χ4n) is 0.967. The lowest BCUT2D eigenvalue weighted by Gasteiger charge is -2.08. The van der Waals surface area contributed by atoms with Crippen LogP contribution in [0.4, 0.5) is 5.82 Å². The number of anilines is 1. The lowest BCUT2D eigenvalue weighted by Crippen LogP contribution is -2.06. The molecule has 0 fully saturated rings. The summed E-state index contributed by atoms with van der Waals surface area (Å²) in [7, 11) is 0. The molecule has 0 aliphatic carbocycles. The van der Waals surface area contributed by atoms with Crippen molar-refractivity contribution < 1.29 is 4.74 Å². The third-order valence-electron chi connectivity index (χ3n) is 1.79. The molecule has 0 aliphatic rings. The highest BCUT2D eigenvalue weighted by Gasteiger charge is 2.08. The van der Waals surface area contributed by atoms with E-state index in [1.165, 1.54) is 0 Å². The number of nitrogens with two attached hydrogens (primary N) is 1. The number of aryl methyl sites for hydroxylation is 1. The van der Waals surface area contributed by atoms with E-state index >= 15 is 0 Å². The van der Waals surface area contributed by atoms with Gasteiger partial charge in [0.05, 0.1) is 5.56 Å². The summed E-state index contributed by atoms with van der Waals surface area (Å²) in [5.74, 6) is 3.97. The highest BCUT2D eigenvalue weighted by Crippen LogP contribution is 2.19. The van der Waals surface area contributed by atoms with Gasteiger partial charge in [0.1, 0.15) is 11.6 Å². The molecule has 0 aromatic carbocycles. The van der Waals surface area contributed by atoms with Crippen LogP contribution in [0, 0.1) is 19.3 Å². The Labute approximate surface area is 83.5 Å². The van der Waals surface area contributed by atoms with Gasteiger partial charge in [-0.1, -0.05) is 12.8 Å². The zero-order valence-corrected chi connectivity index (χ0v) is 8.37. The summed E-state index contributed by atoms with van der Waals surface area (Å²) < 4.78 is 5.24. The van der Waals surface area contributed by atoms with Crippen LogP contribution in [-0.4, -0.2) is 16.6 Å². The van der Waals surface area contributed by atoms with E-state index in [9.17, 15) is 0 Å². The van der Waals surface area contributed by atoms with E-state index in [1.54, 1.807) is 6.92 Å². The maximum atomic E-state index is 5.69. The van der Waals surface area contributed by atoms with E-state index in [0.29, 0.717) is 17.5 Å². The number of nitrogen functional groups attached to an aromatic ring is 1. The van der Waals surface area contributed by atoms with Gasteiger partial charge in [0.2, 0.25) is 5.88 Å². The minimum atomic E-state index is 0.195. The van der Waals surface area contributed by atoms with Crippen molar-refractivity contribution in [3.63, 3.8) is 0 Å². The number of ether oxygens (including phenoxy) is 1. The van der Waals surface area contributed by atoms with Gasteiger partial charge in [-0.15, -0.1) is 6.42 Å². The lowest BCUT2D eigenvalue weighted by atomic mass is 10.3. The van der Waals surface area contributed by atoms with Crippen molar-refractivity contribution in [2.45, 2.75) is 20.3 Å². The lowest BCUT2D eigenvalue weighted by molar-refractivity contribution is 0.350. The molecule has 4 heteroatoms. The van der Waals surface area contributed by atoms with Crippen molar-refractivity contribution in [1.82, 2.24) is 9.97 Å². The molecule has 0 spiro atoms. The van der Waals surface area contributed by atoms with Crippen molar-refractivity contribution in [2.24, 2.45) is 0 Å². The molecule has 1 aromatic rings. The summed E-state index contributed by atoms with van der Waals surface area (Å²) in [6, 6.07) is 0. The van der Waals surface area contributed by atoms with Crippen molar-refractivity contribution in [3.05, 3.63) is 11.4 Å². The molecule has 1 rings (SSSR count). The molecular formula is C10H13N3O. The van der Waals surface area contributed by atoms with Crippen molar-refractivity contribution >= 4 is 5.82 Å². The predicted molar refractivity (Wildman–Crippen MR) is 54.9 cm³/mol. The first-order valence-corrected chi connectivity index (χ1v) is 4.38. The Kier molecular flexibility index (Phi) is 3.29. The van der Waals surface area contributed by atoms with E-state index in [-0.39, 0.29) is 6.61 Å². The van der Waals surface area contributed by atoms with E-state index < -0.39 is 0 Å². The first kappa shape index (κ1) is 10.3. The first-order chi connectivity index (χ1) is 6.69. The summed E-state index contributed by atoms with van der Waals surface area (Å²) in [6.45, 7) is 3.95. The minimum Gasteiger partial charge on any atom is -0.464 e. The van der Waals surface area contributed by atoms with Crippen LogP contribution in [0.1, 0.15) is 18.3 Å². The molecule has 1 aromatic heterocycles. The van der Waals surface area contributed by atoms with Gasteiger partial charge < -0.3 is 10.5 Å². The number of rotatable bonds is 3. The average Bonchev–Trinajstić information content (AvgIpc) is 2.20. The number of terminal acetylenes is 1. The van der Waals surface area contributed by atoms with Gasteiger partial charge in [0.25, 0.3) is 0 Å². The number of hydrogen-bond donors (Lipinski definition) is 1. The number of nitrogens with zero attached hydrogens (tertiary/aromatic N) is 2. The second-order valence-electron chi connectivity index (χ2n) is 2.80. The Morgan fingerprint density at radius 3 is 2.79 bits per heavy atom. The fraction of sp³-hybridized carbons (Fsp3) is 0.400. The third kappa shape index (κ3) is 2.13. The standard InChI is InChI=1S/C10H13N3O/c1-4-6-14-10-7(3)9(11)12-8(5-2)13-10/h1H,5-6H2,2-3H3,(H2,11,12,13). The van der Waals surface area contributed by atoms with Crippen LogP contribution in [-0.2, 0) is 6.42 Å². The minimum absolute atomic E-state index is 0.195. The predicted octanol–water partition coefficient (Wildman–Crippen LogP) is 0.942. The van der Waals surface area contributed by atoms with Crippen LogP contribution in [0.5, 0.6) is 5.88 Å². The van der Waals surface area contributed by atoms with Gasteiger partial charge in [-0.2, -0.15) is 4.98 Å². The van der Waals surface area contributed by atoms with Crippen molar-refractivity contribution in [1.29, 1.82) is 0 Å². The normalized spacial score (nSPS) is 9.50. The molecule has 4 nitrogen and oxygen atoms in total. The topological polar surface area (TPSA) is 61.0 Å². The van der Waals surface area contributed by atoms with Gasteiger partial charge >= 0.3 is 0 Å². The van der Waals surface area contributed by atoms with E-state index in [0.717, 1.165) is 12.0 Å². The summed E-state index contributed by atoms with van der Waals surface area (Å²) in [6.07, 6.45) is 5.80. The summed E-state index contributed by atoms with van der Waals surface area (Å²) >= 11 is 0. The van der Waals surface area contributed by atoms with E-state index in [2.05, 4.69) is 15.9 Å². The molecular weight excluding hydrogens is 178 g/mol. The van der Waals surface area contributed by atoms with Gasteiger partial charge in [-0.25, -0.2) is 4.98 Å². The fourth-order valence-corrected chi connectivity index (χ4v) is 0.967. The van der Waals surface area contributed by atoms with Gasteiger partial charge in [0, 0.05) is 6.42 Å². The van der Waals surface area contributed by atoms with Crippen LogP contribution in [0.2, 0.25) is 0 Å². The molecule has 0 amide bonds. The number of hydrogen-bond acceptors (Lipinski definition) is 4. The Morgan fingerprint density at radius 2 is 2.21 bits per heavy atom. The van der Waals surface area contributed by atoms with Gasteiger partial charge in [-0.05, 0) is 6.92 Å². The molecule has 74 valence electrons. The molecule has 0 unspecified atom stereocenters. The molecule has 0 saturated heterocycles. The van der Waals surface area contributed by atoms with Crippen LogP contribution in [0.3, 0.4) is 0 Å². The average molecular weight is 191 g/mol. The second-order valence-corrected chi connectivity index (χ2v) is 2.80. The van der Waals surface area contributed by atoms with Crippen LogP contribution in [0.25, 0.3) is 0 Å². The molecule has 2 N–H and O–H groups in total. The first-order valence-electron chi connectivity index (χ1n) is 4.38. The van der Waals surface area contributed by atoms with E-state index in [1.807, 2.05) is 6.92 Å². The van der Waals surface area contributed by atoms with Crippen LogP contribution < -0.4 is 10.5 Å². The van der Waals surface area contributed by atoms with Crippen molar-refractivity contribution in [2.75, 3.05) is 12.3 Å². The van der Waals surface area contributed by atoms with Crippen LogP contribution >= 0.6 is 0 Å². The Morgan fingerprint density at radius 1 is 1.50 bits per heavy atom. The SMILES string of the molecule is C#CCOc1nc(CC)nc(N)c1C. The summed E-state index contributed by atoms with van der Waals surface area (Å²) in [4.78, 5) is 8.28. The third-order valence-corrected chi connectivity index (χ3v) is 1.79. The van der Waals surface area contributed by atoms with Gasteiger partial charge in [0.15, 0.2) is 6.61 Å². The summed E-state index contributed by atoms with van der Waals surface area (Å²) in [5.41, 5.74) is 6.42. The summed E-state index contributed by atoms with van der Waals surface area (Å²) in [5, 5.41) is 0. The quantitative estimate of drug-likeness (QED) is 0.722. The highest BCUT2D eigenvalue weighted by atomic mass is 16.5.